The van der Waals surface area contributed by atoms with E-state index in [0.29, 0.717) is 37.8 Å². The van der Waals surface area contributed by atoms with Crippen LogP contribution in [-0.4, -0.2) is 70.2 Å². The number of benzene rings is 1. The van der Waals surface area contributed by atoms with Crippen LogP contribution in [0.25, 0.3) is 0 Å². The highest BCUT2D eigenvalue weighted by atomic mass is 32.2. The number of sulfonamides is 1. The number of fused-ring (bicyclic) bond motifs is 1. The molecule has 1 aromatic carbocycles. The second-order valence-electron chi connectivity index (χ2n) is 5.31. The van der Waals surface area contributed by atoms with Crippen molar-refractivity contribution in [2.75, 3.05) is 46.5 Å². The summed E-state index contributed by atoms with van der Waals surface area (Å²) in [6.07, 6.45) is 0. The second kappa shape index (κ2) is 6.83. The molecule has 0 bridgehead atoms. The molecule has 0 saturated carbocycles. The van der Waals surface area contributed by atoms with E-state index in [0.717, 1.165) is 0 Å². The number of hydrogen-bond acceptors (Lipinski definition) is 6. The van der Waals surface area contributed by atoms with Crippen LogP contribution in [0.1, 0.15) is 0 Å². The summed E-state index contributed by atoms with van der Waals surface area (Å²) in [5.41, 5.74) is 2.22. The molecule has 3 rings (SSSR count). The van der Waals surface area contributed by atoms with E-state index in [1.54, 1.807) is 6.07 Å². The van der Waals surface area contributed by atoms with Gasteiger partial charge in [-0.3, -0.25) is 4.84 Å². The van der Waals surface area contributed by atoms with Gasteiger partial charge in [-0.2, -0.15) is 4.31 Å². The Bertz CT molecular complexity index is 715. The molecule has 2 aliphatic rings. The third kappa shape index (κ3) is 3.25. The van der Waals surface area contributed by atoms with E-state index in [1.165, 1.54) is 28.4 Å². The van der Waals surface area contributed by atoms with Gasteiger partial charge in [0.1, 0.15) is 13.2 Å². The lowest BCUT2D eigenvalue weighted by molar-refractivity contribution is 0.0800. The summed E-state index contributed by atoms with van der Waals surface area (Å²) >= 11 is 0. The molecule has 1 fully saturated rings. The van der Waals surface area contributed by atoms with Gasteiger partial charge < -0.3 is 14.4 Å². The first kappa shape index (κ1) is 16.8. The Labute approximate surface area is 140 Å². The number of urea groups is 1. The topological polar surface area (TPSA) is 97.4 Å². The molecule has 2 aliphatic heterocycles. The minimum atomic E-state index is -3.65. The fourth-order valence-corrected chi connectivity index (χ4v) is 4.05. The first-order valence-electron chi connectivity index (χ1n) is 7.50. The zero-order valence-corrected chi connectivity index (χ0v) is 14.0. The van der Waals surface area contributed by atoms with E-state index < -0.39 is 10.0 Å². The van der Waals surface area contributed by atoms with E-state index in [4.69, 9.17) is 9.47 Å². The molecular weight excluding hydrogens is 338 g/mol. The van der Waals surface area contributed by atoms with Crippen LogP contribution >= 0.6 is 0 Å². The molecule has 0 spiro atoms. The van der Waals surface area contributed by atoms with Crippen molar-refractivity contribution in [1.82, 2.24) is 14.7 Å². The van der Waals surface area contributed by atoms with E-state index in [1.807, 2.05) is 0 Å². The lowest BCUT2D eigenvalue weighted by Gasteiger charge is -2.33. The van der Waals surface area contributed by atoms with Crippen LogP contribution in [0.5, 0.6) is 11.5 Å². The number of nitrogens with one attached hydrogen (secondary N) is 1. The number of carbonyl (C=O) groups excluding carboxylic acids is 1. The van der Waals surface area contributed by atoms with Crippen molar-refractivity contribution in [3.8, 4) is 11.5 Å². The molecule has 0 radical (unpaired) electrons. The molecule has 0 atom stereocenters. The highest BCUT2D eigenvalue weighted by Gasteiger charge is 2.31. The van der Waals surface area contributed by atoms with E-state index in [-0.39, 0.29) is 24.0 Å². The summed E-state index contributed by atoms with van der Waals surface area (Å²) in [6, 6.07) is 4.21. The quantitative estimate of drug-likeness (QED) is 0.767. The summed E-state index contributed by atoms with van der Waals surface area (Å²) in [5, 5.41) is 0. The number of nitrogens with zero attached hydrogens (tertiary/aromatic N) is 2. The van der Waals surface area contributed by atoms with Crippen molar-refractivity contribution in [1.29, 1.82) is 0 Å². The minimum Gasteiger partial charge on any atom is -0.486 e. The van der Waals surface area contributed by atoms with Gasteiger partial charge in [-0.05, 0) is 12.1 Å². The number of carbonyl (C=O) groups is 1. The Morgan fingerprint density at radius 1 is 1.12 bits per heavy atom. The monoisotopic (exact) mass is 357 g/mol. The fourth-order valence-electron chi connectivity index (χ4n) is 2.62. The summed E-state index contributed by atoms with van der Waals surface area (Å²) in [7, 11) is -2.30. The van der Waals surface area contributed by atoms with E-state index in [9.17, 15) is 13.2 Å². The van der Waals surface area contributed by atoms with Crippen molar-refractivity contribution in [2.45, 2.75) is 4.90 Å². The molecule has 9 nitrogen and oxygen atoms in total. The maximum absolute atomic E-state index is 12.8. The normalized spacial score (nSPS) is 18.3. The molecule has 2 amide bonds. The summed E-state index contributed by atoms with van der Waals surface area (Å²) in [5.74, 6) is 0.974. The van der Waals surface area contributed by atoms with Gasteiger partial charge in [0.15, 0.2) is 11.5 Å². The zero-order valence-electron chi connectivity index (χ0n) is 13.2. The van der Waals surface area contributed by atoms with Crippen LogP contribution in [0, 0.1) is 0 Å². The van der Waals surface area contributed by atoms with Crippen LogP contribution in [0.15, 0.2) is 23.1 Å². The first-order valence-corrected chi connectivity index (χ1v) is 8.94. The first-order chi connectivity index (χ1) is 11.5. The maximum Gasteiger partial charge on any atom is 0.341 e. The maximum atomic E-state index is 12.8. The largest absolute Gasteiger partial charge is 0.486 e. The Balaban J connectivity index is 1.71. The van der Waals surface area contributed by atoms with Crippen LogP contribution in [0.4, 0.5) is 4.79 Å². The summed E-state index contributed by atoms with van der Waals surface area (Å²) in [6.45, 7) is 1.86. The highest BCUT2D eigenvalue weighted by Crippen LogP contribution is 2.33. The SMILES string of the molecule is CONC(=O)N1CCN(S(=O)(=O)c2ccc3c(c2)OCCO3)CC1. The molecule has 1 aromatic rings. The van der Waals surface area contributed by atoms with Gasteiger partial charge in [0.2, 0.25) is 10.0 Å². The minimum absolute atomic E-state index is 0.154. The van der Waals surface area contributed by atoms with Gasteiger partial charge >= 0.3 is 6.03 Å². The van der Waals surface area contributed by atoms with Crippen molar-refractivity contribution in [3.63, 3.8) is 0 Å². The lowest BCUT2D eigenvalue weighted by atomic mass is 10.3. The predicted octanol–water partition coefficient (Wildman–Crippen LogP) is 0.0351. The number of hydrogen-bond donors (Lipinski definition) is 1. The van der Waals surface area contributed by atoms with Crippen LogP contribution < -0.4 is 15.0 Å². The number of hydroxylamine groups is 1. The molecule has 0 aliphatic carbocycles. The summed E-state index contributed by atoms with van der Waals surface area (Å²) < 4.78 is 37.7. The number of piperazine rings is 1. The standard InChI is InChI=1S/C14H19N3O6S/c1-21-15-14(18)16-4-6-17(7-5-16)24(19,20)11-2-3-12-13(10-11)23-9-8-22-12/h2-3,10H,4-9H2,1H3,(H,15,18). The highest BCUT2D eigenvalue weighted by molar-refractivity contribution is 7.89. The van der Waals surface area contributed by atoms with Gasteiger partial charge in [-0.15, -0.1) is 0 Å². The van der Waals surface area contributed by atoms with Crippen molar-refractivity contribution in [3.05, 3.63) is 18.2 Å². The third-order valence-electron chi connectivity index (χ3n) is 3.87. The Hall–Kier alpha value is -2.04. The number of ether oxygens (including phenoxy) is 2. The molecule has 10 heteroatoms. The molecule has 1 saturated heterocycles. The van der Waals surface area contributed by atoms with Gasteiger partial charge in [0.05, 0.1) is 12.0 Å². The number of rotatable bonds is 3. The number of amides is 2. The van der Waals surface area contributed by atoms with Crippen LogP contribution in [-0.2, 0) is 14.9 Å². The Morgan fingerprint density at radius 3 is 2.46 bits per heavy atom. The average Bonchev–Trinajstić information content (AvgIpc) is 2.61. The second-order valence-corrected chi connectivity index (χ2v) is 7.25. The van der Waals surface area contributed by atoms with Gasteiger partial charge in [-0.1, -0.05) is 0 Å². The zero-order chi connectivity index (χ0) is 17.2. The molecular formula is C14H19N3O6S. The van der Waals surface area contributed by atoms with E-state index in [2.05, 4.69) is 10.3 Å². The van der Waals surface area contributed by atoms with E-state index >= 15 is 0 Å². The molecule has 0 aromatic heterocycles. The molecule has 132 valence electrons. The molecule has 24 heavy (non-hydrogen) atoms. The van der Waals surface area contributed by atoms with Crippen molar-refractivity contribution >= 4 is 16.1 Å². The van der Waals surface area contributed by atoms with Gasteiger partial charge in [-0.25, -0.2) is 18.7 Å². The molecule has 1 N–H and O–H groups in total. The van der Waals surface area contributed by atoms with Crippen LogP contribution in [0.2, 0.25) is 0 Å². The molecule has 0 unspecified atom stereocenters. The van der Waals surface area contributed by atoms with Crippen molar-refractivity contribution in [2.24, 2.45) is 0 Å². The van der Waals surface area contributed by atoms with Gasteiger partial charge in [0, 0.05) is 32.2 Å². The Kier molecular flexibility index (Phi) is 4.78. The van der Waals surface area contributed by atoms with Gasteiger partial charge in [0.25, 0.3) is 0 Å². The van der Waals surface area contributed by atoms with Crippen molar-refractivity contribution < 1.29 is 27.5 Å². The lowest BCUT2D eigenvalue weighted by Crippen LogP contribution is -2.52. The smallest absolute Gasteiger partial charge is 0.341 e. The predicted molar refractivity (Wildman–Crippen MR) is 83.3 cm³/mol. The summed E-state index contributed by atoms with van der Waals surface area (Å²) in [4.78, 5) is 17.9. The fraction of sp³-hybridized carbons (Fsp3) is 0.500. The Morgan fingerprint density at radius 2 is 1.79 bits per heavy atom. The van der Waals surface area contributed by atoms with Crippen LogP contribution in [0.3, 0.4) is 0 Å². The average molecular weight is 357 g/mol. The molecule has 2 heterocycles. The third-order valence-corrected chi connectivity index (χ3v) is 5.76.